The number of thiazole rings is 1. The number of hydrogen-bond acceptors (Lipinski definition) is 4. The normalized spacial score (nSPS) is 10.3. The van der Waals surface area contributed by atoms with E-state index >= 15 is 0 Å². The highest BCUT2D eigenvalue weighted by Crippen LogP contribution is 2.07. The van der Waals surface area contributed by atoms with Crippen LogP contribution in [0.5, 0.6) is 0 Å². The Kier molecular flexibility index (Phi) is 1.79. The molecular formula is C7H8N4S. The van der Waals surface area contributed by atoms with E-state index in [4.69, 9.17) is 5.73 Å². The molecule has 0 saturated heterocycles. The number of hydrogen-bond donors (Lipinski definition) is 1. The first-order valence-electron chi connectivity index (χ1n) is 3.51. The van der Waals surface area contributed by atoms with Gasteiger partial charge in [0.25, 0.3) is 0 Å². The number of nitrogens with two attached hydrogens (primary N) is 1. The molecule has 2 N–H and O–H groups in total. The maximum Gasteiger partial charge on any atom is 0.114 e. The first-order valence-corrected chi connectivity index (χ1v) is 4.39. The highest BCUT2D eigenvalue weighted by molar-refractivity contribution is 7.09. The van der Waals surface area contributed by atoms with Crippen LogP contribution in [0.4, 0.5) is 5.69 Å². The van der Waals surface area contributed by atoms with Crippen molar-refractivity contribution in [2.24, 2.45) is 0 Å². The van der Waals surface area contributed by atoms with Gasteiger partial charge in [-0.1, -0.05) is 0 Å². The van der Waals surface area contributed by atoms with E-state index < -0.39 is 0 Å². The predicted octanol–water partition coefficient (Wildman–Crippen LogP) is 0.970. The second-order valence-corrected chi connectivity index (χ2v) is 3.38. The van der Waals surface area contributed by atoms with Crippen LogP contribution in [0.3, 0.4) is 0 Å². The molecular weight excluding hydrogens is 172 g/mol. The molecule has 0 spiro atoms. The van der Waals surface area contributed by atoms with Gasteiger partial charge in [-0.15, -0.1) is 11.3 Å². The summed E-state index contributed by atoms with van der Waals surface area (Å²) in [5.41, 5.74) is 6.19. The standard InChI is InChI=1S/C7H8N4S/c8-6-3-10-11(4-6)5-7-9-1-2-12-7/h1-4H,5,8H2. The van der Waals surface area contributed by atoms with Crippen molar-refractivity contribution in [2.45, 2.75) is 6.54 Å². The van der Waals surface area contributed by atoms with Gasteiger partial charge in [0.15, 0.2) is 0 Å². The summed E-state index contributed by atoms with van der Waals surface area (Å²) in [5.74, 6) is 0. The second-order valence-electron chi connectivity index (χ2n) is 2.40. The maximum atomic E-state index is 5.51. The molecule has 0 unspecified atom stereocenters. The fraction of sp³-hybridized carbons (Fsp3) is 0.143. The van der Waals surface area contributed by atoms with E-state index in [1.807, 2.05) is 5.38 Å². The highest BCUT2D eigenvalue weighted by Gasteiger charge is 1.97. The van der Waals surface area contributed by atoms with Crippen LogP contribution in [-0.4, -0.2) is 14.8 Å². The zero-order valence-corrected chi connectivity index (χ0v) is 7.16. The molecule has 2 aromatic heterocycles. The summed E-state index contributed by atoms with van der Waals surface area (Å²) in [4.78, 5) is 4.14. The minimum absolute atomic E-state index is 0.687. The van der Waals surface area contributed by atoms with Gasteiger partial charge in [-0.05, 0) is 0 Å². The molecule has 0 atom stereocenters. The molecule has 0 aliphatic carbocycles. The first kappa shape index (κ1) is 7.30. The lowest BCUT2D eigenvalue weighted by Gasteiger charge is -1.94. The van der Waals surface area contributed by atoms with Crippen molar-refractivity contribution in [1.82, 2.24) is 14.8 Å². The Labute approximate surface area is 73.7 Å². The molecule has 0 fully saturated rings. The smallest absolute Gasteiger partial charge is 0.114 e. The Hall–Kier alpha value is -1.36. The summed E-state index contributed by atoms with van der Waals surface area (Å²) >= 11 is 1.61. The average molecular weight is 180 g/mol. The Morgan fingerprint density at radius 2 is 2.50 bits per heavy atom. The SMILES string of the molecule is Nc1cnn(Cc2nccs2)c1. The van der Waals surface area contributed by atoms with Crippen LogP contribution in [0.1, 0.15) is 5.01 Å². The molecule has 12 heavy (non-hydrogen) atoms. The third-order valence-corrected chi connectivity index (χ3v) is 2.20. The van der Waals surface area contributed by atoms with Crippen LogP contribution in [0.2, 0.25) is 0 Å². The van der Waals surface area contributed by atoms with Crippen LogP contribution < -0.4 is 5.73 Å². The third kappa shape index (κ3) is 1.45. The van der Waals surface area contributed by atoms with E-state index in [0.29, 0.717) is 12.2 Å². The van der Waals surface area contributed by atoms with Gasteiger partial charge in [0, 0.05) is 17.8 Å². The van der Waals surface area contributed by atoms with Crippen molar-refractivity contribution >= 4 is 17.0 Å². The Balaban J connectivity index is 2.14. The van der Waals surface area contributed by atoms with Crippen molar-refractivity contribution in [1.29, 1.82) is 0 Å². The molecule has 0 aromatic carbocycles. The lowest BCUT2D eigenvalue weighted by molar-refractivity contribution is 0.683. The Morgan fingerprint density at radius 3 is 3.08 bits per heavy atom. The number of anilines is 1. The van der Waals surface area contributed by atoms with Gasteiger partial charge in [-0.2, -0.15) is 5.10 Å². The zero-order chi connectivity index (χ0) is 8.39. The topological polar surface area (TPSA) is 56.7 Å². The predicted molar refractivity (Wildman–Crippen MR) is 47.9 cm³/mol. The van der Waals surface area contributed by atoms with Gasteiger partial charge in [-0.25, -0.2) is 4.98 Å². The van der Waals surface area contributed by atoms with Gasteiger partial charge in [0.1, 0.15) is 5.01 Å². The van der Waals surface area contributed by atoms with Crippen LogP contribution in [0, 0.1) is 0 Å². The molecule has 0 saturated carbocycles. The Morgan fingerprint density at radius 1 is 1.58 bits per heavy atom. The van der Waals surface area contributed by atoms with E-state index in [1.54, 1.807) is 34.6 Å². The van der Waals surface area contributed by atoms with Gasteiger partial charge >= 0.3 is 0 Å². The highest BCUT2D eigenvalue weighted by atomic mass is 32.1. The summed E-state index contributed by atoms with van der Waals surface area (Å²) < 4.78 is 1.77. The average Bonchev–Trinajstić information content (AvgIpc) is 2.63. The van der Waals surface area contributed by atoms with Gasteiger partial charge < -0.3 is 5.73 Å². The van der Waals surface area contributed by atoms with Gasteiger partial charge in [0.2, 0.25) is 0 Å². The van der Waals surface area contributed by atoms with Crippen molar-refractivity contribution < 1.29 is 0 Å². The van der Waals surface area contributed by atoms with E-state index in [1.165, 1.54) is 0 Å². The monoisotopic (exact) mass is 180 g/mol. The molecule has 0 aliphatic rings. The second kappa shape index (κ2) is 2.94. The summed E-state index contributed by atoms with van der Waals surface area (Å²) in [5, 5.41) is 7.04. The van der Waals surface area contributed by atoms with Gasteiger partial charge in [-0.3, -0.25) is 4.68 Å². The summed E-state index contributed by atoms with van der Waals surface area (Å²) in [7, 11) is 0. The fourth-order valence-electron chi connectivity index (χ4n) is 0.936. The van der Waals surface area contributed by atoms with E-state index in [-0.39, 0.29) is 0 Å². The molecule has 5 heteroatoms. The third-order valence-electron chi connectivity index (χ3n) is 1.43. The number of aromatic nitrogens is 3. The lowest BCUT2D eigenvalue weighted by Crippen LogP contribution is -1.98. The molecule has 0 amide bonds. The molecule has 0 bridgehead atoms. The van der Waals surface area contributed by atoms with Gasteiger partial charge in [0.05, 0.1) is 18.4 Å². The minimum Gasteiger partial charge on any atom is -0.396 e. The van der Waals surface area contributed by atoms with Crippen molar-refractivity contribution in [3.8, 4) is 0 Å². The van der Waals surface area contributed by atoms with E-state index in [2.05, 4.69) is 10.1 Å². The molecule has 2 rings (SSSR count). The molecule has 2 heterocycles. The van der Waals surface area contributed by atoms with Crippen molar-refractivity contribution in [3.63, 3.8) is 0 Å². The quantitative estimate of drug-likeness (QED) is 0.749. The van der Waals surface area contributed by atoms with Crippen molar-refractivity contribution in [2.75, 3.05) is 5.73 Å². The van der Waals surface area contributed by atoms with Crippen LogP contribution >= 0.6 is 11.3 Å². The molecule has 2 aromatic rings. The number of rotatable bonds is 2. The summed E-state index contributed by atoms with van der Waals surface area (Å²) in [6.45, 7) is 0.703. The van der Waals surface area contributed by atoms with E-state index in [0.717, 1.165) is 5.01 Å². The minimum atomic E-state index is 0.687. The Bertz CT molecular complexity index is 351. The number of nitrogens with zero attached hydrogens (tertiary/aromatic N) is 3. The van der Waals surface area contributed by atoms with Crippen molar-refractivity contribution in [3.05, 3.63) is 29.0 Å². The molecule has 4 nitrogen and oxygen atoms in total. The fourth-order valence-corrected chi connectivity index (χ4v) is 1.54. The van der Waals surface area contributed by atoms with Crippen LogP contribution in [-0.2, 0) is 6.54 Å². The lowest BCUT2D eigenvalue weighted by atomic mass is 10.6. The molecule has 0 aliphatic heterocycles. The largest absolute Gasteiger partial charge is 0.396 e. The summed E-state index contributed by atoms with van der Waals surface area (Å²) in [6.07, 6.45) is 5.21. The molecule has 0 radical (unpaired) electrons. The van der Waals surface area contributed by atoms with Crippen LogP contribution in [0.15, 0.2) is 24.0 Å². The number of nitrogen functional groups attached to an aromatic ring is 1. The molecule has 62 valence electrons. The maximum absolute atomic E-state index is 5.51. The first-order chi connectivity index (χ1) is 5.84. The zero-order valence-electron chi connectivity index (χ0n) is 6.34. The van der Waals surface area contributed by atoms with E-state index in [9.17, 15) is 0 Å². The summed E-state index contributed by atoms with van der Waals surface area (Å²) in [6, 6.07) is 0. The van der Waals surface area contributed by atoms with Crippen LogP contribution in [0.25, 0.3) is 0 Å².